The predicted octanol–water partition coefficient (Wildman–Crippen LogP) is 0.230. The molecular weight excluding hydrogens is 154 g/mol. The van der Waals surface area contributed by atoms with Gasteiger partial charge in [0.1, 0.15) is 5.60 Å². The number of likely N-dealkylation sites (tertiary alicyclic amines) is 1. The van der Waals surface area contributed by atoms with E-state index in [1.807, 2.05) is 0 Å². The molecule has 0 saturated carbocycles. The molecule has 0 aromatic carbocycles. The number of hydrogen-bond donors (Lipinski definition) is 1. The van der Waals surface area contributed by atoms with Crippen LogP contribution in [0, 0.1) is 0 Å². The van der Waals surface area contributed by atoms with Crippen LogP contribution in [0.4, 0.5) is 0 Å². The van der Waals surface area contributed by atoms with Crippen molar-refractivity contribution in [2.45, 2.75) is 38.0 Å². The zero-order valence-corrected chi connectivity index (χ0v) is 7.79. The third kappa shape index (κ3) is 1.08. The molecule has 12 heavy (non-hydrogen) atoms. The Hall–Kier alpha value is -0.120. The minimum atomic E-state index is -0.213. The standard InChI is InChI=1S/C9H17NO2/c1-7(2)10-5-9(6-11)3-8(10)4-12-9/h7-8,11H,3-6H2,1-2H3. The van der Waals surface area contributed by atoms with Crippen molar-refractivity contribution in [3.63, 3.8) is 0 Å². The van der Waals surface area contributed by atoms with E-state index in [9.17, 15) is 5.11 Å². The lowest BCUT2D eigenvalue weighted by Crippen LogP contribution is -2.47. The van der Waals surface area contributed by atoms with Crippen molar-refractivity contribution in [1.82, 2.24) is 4.90 Å². The number of ether oxygens (including phenoxy) is 1. The molecule has 2 aliphatic rings. The number of aliphatic hydroxyl groups excluding tert-OH is 1. The van der Waals surface area contributed by atoms with Gasteiger partial charge in [0.2, 0.25) is 0 Å². The van der Waals surface area contributed by atoms with E-state index >= 15 is 0 Å². The number of nitrogens with zero attached hydrogens (tertiary/aromatic N) is 1. The Balaban J connectivity index is 2.09. The molecule has 2 atom stereocenters. The molecule has 70 valence electrons. The first kappa shape index (κ1) is 8.48. The molecule has 3 heteroatoms. The van der Waals surface area contributed by atoms with Gasteiger partial charge in [-0.15, -0.1) is 0 Å². The van der Waals surface area contributed by atoms with Gasteiger partial charge in [-0.25, -0.2) is 0 Å². The molecule has 2 fully saturated rings. The van der Waals surface area contributed by atoms with E-state index in [1.54, 1.807) is 0 Å². The van der Waals surface area contributed by atoms with Gasteiger partial charge in [0.25, 0.3) is 0 Å². The topological polar surface area (TPSA) is 32.7 Å². The van der Waals surface area contributed by atoms with Crippen molar-refractivity contribution in [3.8, 4) is 0 Å². The summed E-state index contributed by atoms with van der Waals surface area (Å²) in [5.41, 5.74) is -0.213. The maximum Gasteiger partial charge on any atom is 0.105 e. The lowest BCUT2D eigenvalue weighted by Gasteiger charge is -2.34. The molecule has 2 rings (SSSR count). The lowest BCUT2D eigenvalue weighted by molar-refractivity contribution is -0.0788. The van der Waals surface area contributed by atoms with Crippen molar-refractivity contribution < 1.29 is 9.84 Å². The summed E-state index contributed by atoms with van der Waals surface area (Å²) in [6.07, 6.45) is 1.02. The van der Waals surface area contributed by atoms with Crippen molar-refractivity contribution in [3.05, 3.63) is 0 Å². The monoisotopic (exact) mass is 171 g/mol. The van der Waals surface area contributed by atoms with Crippen LogP contribution >= 0.6 is 0 Å². The molecule has 2 saturated heterocycles. The zero-order chi connectivity index (χ0) is 8.77. The largest absolute Gasteiger partial charge is 0.393 e. The van der Waals surface area contributed by atoms with Crippen molar-refractivity contribution in [2.75, 3.05) is 19.8 Å². The fraction of sp³-hybridized carbons (Fsp3) is 1.00. The summed E-state index contributed by atoms with van der Waals surface area (Å²) < 4.78 is 5.58. The van der Waals surface area contributed by atoms with E-state index < -0.39 is 0 Å². The number of aliphatic hydroxyl groups is 1. The smallest absolute Gasteiger partial charge is 0.105 e. The molecule has 3 nitrogen and oxygen atoms in total. The minimum absolute atomic E-state index is 0.173. The van der Waals surface area contributed by atoms with Crippen LogP contribution in [0.2, 0.25) is 0 Å². The SMILES string of the molecule is CC(C)N1CC2(CO)CC1CO2. The van der Waals surface area contributed by atoms with Crippen LogP contribution in [0.25, 0.3) is 0 Å². The lowest BCUT2D eigenvalue weighted by atomic mass is 10.1. The van der Waals surface area contributed by atoms with Crippen molar-refractivity contribution in [1.29, 1.82) is 0 Å². The summed E-state index contributed by atoms with van der Waals surface area (Å²) >= 11 is 0. The minimum Gasteiger partial charge on any atom is -0.393 e. The van der Waals surface area contributed by atoms with Crippen LogP contribution in [0.3, 0.4) is 0 Å². The number of rotatable bonds is 2. The summed E-state index contributed by atoms with van der Waals surface area (Å²) in [5, 5.41) is 9.19. The highest BCUT2D eigenvalue weighted by molar-refractivity contribution is 5.03. The molecular formula is C9H17NO2. The molecule has 0 aliphatic carbocycles. The number of fused-ring (bicyclic) bond motifs is 2. The van der Waals surface area contributed by atoms with E-state index in [1.165, 1.54) is 0 Å². The molecule has 1 N–H and O–H groups in total. The first-order valence-electron chi connectivity index (χ1n) is 4.67. The second kappa shape index (κ2) is 2.69. The Morgan fingerprint density at radius 3 is 2.83 bits per heavy atom. The highest BCUT2D eigenvalue weighted by Gasteiger charge is 2.50. The summed E-state index contributed by atoms with van der Waals surface area (Å²) in [6, 6.07) is 1.13. The van der Waals surface area contributed by atoms with Gasteiger partial charge in [-0.05, 0) is 20.3 Å². The molecule has 0 radical (unpaired) electrons. The number of morpholine rings is 1. The maximum absolute atomic E-state index is 9.19. The van der Waals surface area contributed by atoms with Crippen molar-refractivity contribution >= 4 is 0 Å². The van der Waals surface area contributed by atoms with Crippen LogP contribution in [0.1, 0.15) is 20.3 Å². The fourth-order valence-corrected chi connectivity index (χ4v) is 2.37. The summed E-state index contributed by atoms with van der Waals surface area (Å²) in [5.74, 6) is 0. The first-order chi connectivity index (χ1) is 5.67. The normalized spacial score (nSPS) is 41.5. The van der Waals surface area contributed by atoms with E-state index in [0.717, 1.165) is 19.6 Å². The second-order valence-corrected chi connectivity index (χ2v) is 4.28. The Morgan fingerprint density at radius 2 is 2.42 bits per heavy atom. The molecule has 2 aliphatic heterocycles. The average molecular weight is 171 g/mol. The van der Waals surface area contributed by atoms with Gasteiger partial charge in [0, 0.05) is 18.6 Å². The van der Waals surface area contributed by atoms with Gasteiger partial charge in [-0.3, -0.25) is 4.90 Å². The first-order valence-corrected chi connectivity index (χ1v) is 4.67. The molecule has 0 aromatic heterocycles. The van der Waals surface area contributed by atoms with Gasteiger partial charge in [-0.1, -0.05) is 0 Å². The van der Waals surface area contributed by atoms with Crippen LogP contribution in [-0.2, 0) is 4.74 Å². The summed E-state index contributed by atoms with van der Waals surface area (Å²) in [6.45, 7) is 6.29. The molecule has 0 spiro atoms. The molecule has 2 heterocycles. The molecule has 2 bridgehead atoms. The Labute approximate surface area is 73.3 Å². The van der Waals surface area contributed by atoms with Crippen LogP contribution < -0.4 is 0 Å². The summed E-state index contributed by atoms with van der Waals surface area (Å²) in [4.78, 5) is 2.43. The van der Waals surface area contributed by atoms with Crippen LogP contribution in [-0.4, -0.2) is 47.4 Å². The van der Waals surface area contributed by atoms with Gasteiger partial charge >= 0.3 is 0 Å². The molecule has 0 amide bonds. The van der Waals surface area contributed by atoms with Crippen LogP contribution in [0.5, 0.6) is 0 Å². The van der Waals surface area contributed by atoms with Gasteiger partial charge in [-0.2, -0.15) is 0 Å². The average Bonchev–Trinajstić information content (AvgIpc) is 2.61. The Kier molecular flexibility index (Phi) is 1.90. The van der Waals surface area contributed by atoms with Gasteiger partial charge in [0.15, 0.2) is 0 Å². The highest BCUT2D eigenvalue weighted by Crippen LogP contribution is 2.37. The predicted molar refractivity (Wildman–Crippen MR) is 46.0 cm³/mol. The van der Waals surface area contributed by atoms with Gasteiger partial charge in [0.05, 0.1) is 13.2 Å². The van der Waals surface area contributed by atoms with E-state index in [2.05, 4.69) is 18.7 Å². The molecule has 2 unspecified atom stereocenters. The highest BCUT2D eigenvalue weighted by atomic mass is 16.5. The van der Waals surface area contributed by atoms with E-state index in [4.69, 9.17) is 4.74 Å². The third-order valence-electron chi connectivity index (χ3n) is 3.08. The quantitative estimate of drug-likeness (QED) is 0.645. The van der Waals surface area contributed by atoms with Gasteiger partial charge < -0.3 is 9.84 Å². The number of hydrogen-bond acceptors (Lipinski definition) is 3. The Morgan fingerprint density at radius 1 is 1.67 bits per heavy atom. The molecule has 0 aromatic rings. The van der Waals surface area contributed by atoms with E-state index in [-0.39, 0.29) is 12.2 Å². The van der Waals surface area contributed by atoms with E-state index in [0.29, 0.717) is 12.1 Å². The van der Waals surface area contributed by atoms with Crippen molar-refractivity contribution in [2.24, 2.45) is 0 Å². The summed E-state index contributed by atoms with van der Waals surface area (Å²) in [7, 11) is 0. The third-order valence-corrected chi connectivity index (χ3v) is 3.08. The Bertz CT molecular complexity index is 183. The van der Waals surface area contributed by atoms with Crippen LogP contribution in [0.15, 0.2) is 0 Å². The maximum atomic E-state index is 9.19. The zero-order valence-electron chi connectivity index (χ0n) is 7.79. The fourth-order valence-electron chi connectivity index (χ4n) is 2.37. The second-order valence-electron chi connectivity index (χ2n) is 4.28.